The van der Waals surface area contributed by atoms with Gasteiger partial charge in [0.1, 0.15) is 11.1 Å². The number of hydrogen-bond acceptors (Lipinski definition) is 3. The minimum atomic E-state index is 0.158. The number of hydrogen-bond donors (Lipinski definition) is 1. The molecule has 2 N–H and O–H groups in total. The maximum atomic E-state index is 9.26. The summed E-state index contributed by atoms with van der Waals surface area (Å²) in [5.41, 5.74) is 8.13. The van der Waals surface area contributed by atoms with E-state index in [1.54, 1.807) is 11.3 Å². The van der Waals surface area contributed by atoms with Crippen LogP contribution in [0, 0.1) is 11.3 Å². The summed E-state index contributed by atoms with van der Waals surface area (Å²) in [6.07, 6.45) is 5.86. The lowest BCUT2D eigenvalue weighted by molar-refractivity contribution is 0.411. The van der Waals surface area contributed by atoms with Crippen molar-refractivity contribution in [2.45, 2.75) is 65.2 Å². The van der Waals surface area contributed by atoms with Crippen LogP contribution in [0.3, 0.4) is 0 Å². The predicted octanol–water partition coefficient (Wildman–Crippen LogP) is 4.62. The van der Waals surface area contributed by atoms with Gasteiger partial charge in [0.2, 0.25) is 0 Å². The maximum Gasteiger partial charge on any atom is 0.104 e. The van der Waals surface area contributed by atoms with Crippen LogP contribution in [0.1, 0.15) is 69.4 Å². The van der Waals surface area contributed by atoms with Crippen molar-refractivity contribution in [1.29, 1.82) is 5.26 Å². The second-order valence-corrected chi connectivity index (χ2v) is 6.01. The van der Waals surface area contributed by atoms with Gasteiger partial charge >= 0.3 is 0 Å². The molecule has 0 saturated carbocycles. The highest BCUT2D eigenvalue weighted by Gasteiger charge is 2.34. The molecule has 0 bridgehead atoms. The first-order valence-electron chi connectivity index (χ1n) is 6.94. The number of aryl methyl sites for hydroxylation is 1. The summed E-state index contributed by atoms with van der Waals surface area (Å²) in [5.74, 6) is 0. The number of thiophene rings is 1. The van der Waals surface area contributed by atoms with Gasteiger partial charge in [-0.3, -0.25) is 0 Å². The third-order valence-corrected chi connectivity index (χ3v) is 4.97. The molecule has 100 valence electrons. The third-order valence-electron chi connectivity index (χ3n) is 3.89. The van der Waals surface area contributed by atoms with Gasteiger partial charge in [-0.2, -0.15) is 5.26 Å². The summed E-state index contributed by atoms with van der Waals surface area (Å²) in [7, 11) is 0. The average molecular weight is 264 g/mol. The minimum Gasteiger partial charge on any atom is -0.389 e. The van der Waals surface area contributed by atoms with E-state index in [1.165, 1.54) is 29.7 Å². The lowest BCUT2D eigenvalue weighted by Gasteiger charge is -2.27. The monoisotopic (exact) mass is 264 g/mol. The molecule has 0 amide bonds. The topological polar surface area (TPSA) is 49.8 Å². The Morgan fingerprint density at radius 3 is 2.61 bits per heavy atom. The Morgan fingerprint density at radius 2 is 2.06 bits per heavy atom. The van der Waals surface area contributed by atoms with Crippen molar-refractivity contribution in [1.82, 2.24) is 0 Å². The van der Waals surface area contributed by atoms with Gasteiger partial charge in [0.15, 0.2) is 0 Å². The van der Waals surface area contributed by atoms with E-state index in [1.807, 2.05) is 13.8 Å². The van der Waals surface area contributed by atoms with Crippen LogP contribution in [0.2, 0.25) is 0 Å². The normalized spacial score (nSPS) is 22.2. The summed E-state index contributed by atoms with van der Waals surface area (Å²) in [4.78, 5) is 1.36. The summed E-state index contributed by atoms with van der Waals surface area (Å²) < 4.78 is 0. The van der Waals surface area contributed by atoms with Gasteiger partial charge in [0, 0.05) is 4.88 Å². The zero-order valence-corrected chi connectivity index (χ0v) is 12.8. The Bertz CT molecular complexity index is 442. The first-order chi connectivity index (χ1) is 8.62. The molecule has 3 heteroatoms. The second kappa shape index (κ2) is 6.24. The number of nitrogens with zero attached hydrogens (tertiary/aromatic N) is 1. The van der Waals surface area contributed by atoms with Crippen molar-refractivity contribution in [2.24, 2.45) is 0 Å². The molecule has 1 heterocycles. The molecule has 18 heavy (non-hydrogen) atoms. The quantitative estimate of drug-likeness (QED) is 0.752. The average Bonchev–Trinajstić information content (AvgIpc) is 2.64. The van der Waals surface area contributed by atoms with Crippen LogP contribution in [0.15, 0.2) is 0 Å². The van der Waals surface area contributed by atoms with Crippen LogP contribution < -0.4 is 5.73 Å². The molecule has 1 aromatic rings. The van der Waals surface area contributed by atoms with Gasteiger partial charge < -0.3 is 5.73 Å². The Balaban J connectivity index is 0.000000771. The zero-order valence-electron chi connectivity index (χ0n) is 12.0. The van der Waals surface area contributed by atoms with Gasteiger partial charge in [0.05, 0.1) is 5.56 Å². The molecule has 1 unspecified atom stereocenters. The van der Waals surface area contributed by atoms with Crippen LogP contribution in [0.4, 0.5) is 5.00 Å². The number of nitrogen functional groups attached to an aromatic ring is 1. The van der Waals surface area contributed by atoms with Crippen molar-refractivity contribution in [3.8, 4) is 6.07 Å². The van der Waals surface area contributed by atoms with Crippen LogP contribution >= 0.6 is 11.3 Å². The van der Waals surface area contributed by atoms with Gasteiger partial charge in [-0.1, -0.05) is 34.1 Å². The van der Waals surface area contributed by atoms with E-state index < -0.39 is 0 Å². The molecule has 1 aliphatic carbocycles. The standard InChI is InChI=1S/C13H18N2S.C2H6/c1-3-13(2)7-5-4-6-10-11(13)9(8-14)12(15)16-10;1-2/h3-7,15H2,1-2H3;1-2H3. The van der Waals surface area contributed by atoms with Crippen molar-refractivity contribution in [2.75, 3.05) is 5.73 Å². The highest BCUT2D eigenvalue weighted by Crippen LogP contribution is 2.45. The molecule has 0 radical (unpaired) electrons. The highest BCUT2D eigenvalue weighted by molar-refractivity contribution is 7.16. The van der Waals surface area contributed by atoms with E-state index in [4.69, 9.17) is 5.73 Å². The number of nitrogens with two attached hydrogens (primary N) is 1. The predicted molar refractivity (Wildman–Crippen MR) is 80.0 cm³/mol. The maximum absolute atomic E-state index is 9.26. The number of anilines is 1. The SMILES string of the molecule is CC.CCC1(C)CCCCc2sc(N)c(C#N)c21. The Hall–Kier alpha value is -1.01. The summed E-state index contributed by atoms with van der Waals surface area (Å²) in [5, 5.41) is 9.98. The molecule has 0 fully saturated rings. The van der Waals surface area contributed by atoms with E-state index in [0.29, 0.717) is 5.00 Å². The highest BCUT2D eigenvalue weighted by atomic mass is 32.1. The van der Waals surface area contributed by atoms with E-state index in [0.717, 1.165) is 18.4 Å². The molecule has 1 aromatic heterocycles. The van der Waals surface area contributed by atoms with E-state index in [-0.39, 0.29) is 5.41 Å². The lowest BCUT2D eigenvalue weighted by atomic mass is 9.76. The largest absolute Gasteiger partial charge is 0.389 e. The first-order valence-corrected chi connectivity index (χ1v) is 7.75. The van der Waals surface area contributed by atoms with Crippen molar-refractivity contribution < 1.29 is 0 Å². The van der Waals surface area contributed by atoms with Crippen LogP contribution in [-0.2, 0) is 11.8 Å². The smallest absolute Gasteiger partial charge is 0.104 e. The number of rotatable bonds is 1. The minimum absolute atomic E-state index is 0.158. The van der Waals surface area contributed by atoms with E-state index in [2.05, 4.69) is 19.9 Å². The summed E-state index contributed by atoms with van der Waals surface area (Å²) >= 11 is 1.63. The molecule has 1 aliphatic rings. The van der Waals surface area contributed by atoms with Crippen LogP contribution in [-0.4, -0.2) is 0 Å². The van der Waals surface area contributed by atoms with E-state index >= 15 is 0 Å². The lowest BCUT2D eigenvalue weighted by Crippen LogP contribution is -2.21. The second-order valence-electron chi connectivity index (χ2n) is 4.87. The van der Waals surface area contributed by atoms with Crippen LogP contribution in [0.25, 0.3) is 0 Å². The Kier molecular flexibility index (Phi) is 5.22. The van der Waals surface area contributed by atoms with Crippen molar-refractivity contribution in [3.63, 3.8) is 0 Å². The van der Waals surface area contributed by atoms with Crippen molar-refractivity contribution in [3.05, 3.63) is 16.0 Å². The Morgan fingerprint density at radius 1 is 1.39 bits per heavy atom. The number of fused-ring (bicyclic) bond motifs is 1. The van der Waals surface area contributed by atoms with Gasteiger partial charge in [-0.15, -0.1) is 11.3 Å². The molecular weight excluding hydrogens is 240 g/mol. The molecule has 0 saturated heterocycles. The van der Waals surface area contributed by atoms with Gasteiger partial charge in [0.25, 0.3) is 0 Å². The fraction of sp³-hybridized carbons (Fsp3) is 0.667. The van der Waals surface area contributed by atoms with Crippen molar-refractivity contribution >= 4 is 16.3 Å². The molecule has 0 spiro atoms. The third kappa shape index (κ3) is 2.54. The number of nitriles is 1. The summed E-state index contributed by atoms with van der Waals surface area (Å²) in [6, 6.07) is 2.31. The van der Waals surface area contributed by atoms with Crippen LogP contribution in [0.5, 0.6) is 0 Å². The summed E-state index contributed by atoms with van der Waals surface area (Å²) in [6.45, 7) is 8.49. The van der Waals surface area contributed by atoms with Gasteiger partial charge in [-0.25, -0.2) is 0 Å². The molecule has 0 aromatic carbocycles. The fourth-order valence-corrected chi connectivity index (χ4v) is 3.91. The molecule has 1 atom stereocenters. The Labute approximate surface area is 115 Å². The first kappa shape index (κ1) is 15.0. The molecular formula is C15H24N2S. The fourth-order valence-electron chi connectivity index (χ4n) is 2.70. The zero-order chi connectivity index (χ0) is 13.8. The molecule has 2 nitrogen and oxygen atoms in total. The molecule has 2 rings (SSSR count). The molecule has 0 aliphatic heterocycles. The van der Waals surface area contributed by atoms with E-state index in [9.17, 15) is 5.26 Å². The van der Waals surface area contributed by atoms with Gasteiger partial charge in [-0.05, 0) is 36.7 Å².